The molecule has 16 heavy (non-hydrogen) atoms. The Balaban J connectivity index is 2.71. The molecule has 0 amide bonds. The molecule has 0 bridgehead atoms. The van der Waals surface area contributed by atoms with Crippen LogP contribution in [-0.4, -0.2) is 28.4 Å². The maximum atomic E-state index is 10.8. The summed E-state index contributed by atoms with van der Waals surface area (Å²) in [5.74, 6) is -0.587. The number of benzene rings is 1. The molecule has 0 aliphatic carbocycles. The molecule has 0 spiro atoms. The Morgan fingerprint density at radius 3 is 2.81 bits per heavy atom. The van der Waals surface area contributed by atoms with Gasteiger partial charge in [0.25, 0.3) is 0 Å². The Morgan fingerprint density at radius 1 is 1.44 bits per heavy atom. The number of halogens is 1. The number of hydrogen-bond donors (Lipinski definition) is 1. The van der Waals surface area contributed by atoms with Gasteiger partial charge in [-0.2, -0.15) is 0 Å². The summed E-state index contributed by atoms with van der Waals surface area (Å²) < 4.78 is 5.01. The van der Waals surface area contributed by atoms with Crippen molar-refractivity contribution in [3.63, 3.8) is 0 Å². The fourth-order valence-corrected chi connectivity index (χ4v) is 1.60. The summed E-state index contributed by atoms with van der Waals surface area (Å²) >= 11 is 5.91. The van der Waals surface area contributed by atoms with Crippen LogP contribution >= 0.6 is 11.6 Å². The molecule has 1 aromatic heterocycles. The predicted octanol–water partition coefficient (Wildman–Crippen LogP) is 1.99. The highest BCUT2D eigenvalue weighted by Gasteiger charge is 2.14. The van der Waals surface area contributed by atoms with Gasteiger partial charge in [0.1, 0.15) is 5.75 Å². The lowest BCUT2D eigenvalue weighted by molar-refractivity contribution is 0.0689. The maximum Gasteiger partial charge on any atom is 0.358 e. The molecule has 0 saturated carbocycles. The van der Waals surface area contributed by atoms with Crippen molar-refractivity contribution >= 4 is 28.5 Å². The number of carboxylic acid groups (broad SMARTS) is 1. The molecule has 2 aromatic rings. The summed E-state index contributed by atoms with van der Waals surface area (Å²) in [5.41, 5.74) is 0.244. The van der Waals surface area contributed by atoms with Crippen molar-refractivity contribution in [1.82, 2.24) is 10.2 Å². The van der Waals surface area contributed by atoms with Crippen LogP contribution < -0.4 is 4.74 Å². The van der Waals surface area contributed by atoms with E-state index in [4.69, 9.17) is 21.4 Å². The first-order valence-corrected chi connectivity index (χ1v) is 4.74. The second-order valence-electron chi connectivity index (χ2n) is 3.05. The molecule has 0 atom stereocenters. The van der Waals surface area contributed by atoms with Gasteiger partial charge in [-0.15, -0.1) is 10.2 Å². The van der Waals surface area contributed by atoms with E-state index in [-0.39, 0.29) is 10.7 Å². The van der Waals surface area contributed by atoms with Gasteiger partial charge in [-0.25, -0.2) is 4.79 Å². The van der Waals surface area contributed by atoms with Crippen molar-refractivity contribution in [1.29, 1.82) is 0 Å². The number of methoxy groups -OCH3 is 1. The quantitative estimate of drug-likeness (QED) is 0.866. The van der Waals surface area contributed by atoms with Gasteiger partial charge in [0.2, 0.25) is 0 Å². The molecule has 1 heterocycles. The number of aromatic nitrogens is 2. The van der Waals surface area contributed by atoms with E-state index in [1.165, 1.54) is 7.11 Å². The number of hydrogen-bond acceptors (Lipinski definition) is 4. The van der Waals surface area contributed by atoms with E-state index in [1.54, 1.807) is 18.2 Å². The molecule has 82 valence electrons. The van der Waals surface area contributed by atoms with Crippen LogP contribution in [-0.2, 0) is 0 Å². The molecular formula is C10H7ClN2O3. The monoisotopic (exact) mass is 238 g/mol. The second-order valence-corrected chi connectivity index (χ2v) is 3.43. The Morgan fingerprint density at radius 2 is 2.19 bits per heavy atom. The van der Waals surface area contributed by atoms with E-state index in [2.05, 4.69) is 10.2 Å². The lowest BCUT2D eigenvalue weighted by atomic mass is 10.2. The summed E-state index contributed by atoms with van der Waals surface area (Å²) in [6, 6.07) is 4.97. The van der Waals surface area contributed by atoms with Crippen LogP contribution in [0.3, 0.4) is 0 Å². The summed E-state index contributed by atoms with van der Waals surface area (Å²) in [6.45, 7) is 0. The minimum atomic E-state index is -1.20. The number of nitrogens with zero attached hydrogens (tertiary/aromatic N) is 2. The van der Waals surface area contributed by atoms with E-state index < -0.39 is 5.97 Å². The molecule has 2 rings (SSSR count). The lowest BCUT2D eigenvalue weighted by Gasteiger charge is -2.04. The third kappa shape index (κ3) is 1.65. The number of fused-ring (bicyclic) bond motifs is 1. The average molecular weight is 239 g/mol. The highest BCUT2D eigenvalue weighted by atomic mass is 35.5. The first kappa shape index (κ1) is 10.6. The number of ether oxygens (including phenoxy) is 1. The largest absolute Gasteiger partial charge is 0.497 e. The molecule has 0 fully saturated rings. The Kier molecular flexibility index (Phi) is 2.62. The van der Waals surface area contributed by atoms with Crippen molar-refractivity contribution < 1.29 is 14.6 Å². The highest BCUT2D eigenvalue weighted by molar-refractivity contribution is 6.37. The average Bonchev–Trinajstić information content (AvgIpc) is 2.28. The number of carbonyl (C=O) groups is 1. The maximum absolute atomic E-state index is 10.8. The molecule has 1 aromatic carbocycles. The van der Waals surface area contributed by atoms with E-state index in [0.29, 0.717) is 16.7 Å². The van der Waals surface area contributed by atoms with Crippen LogP contribution in [0.25, 0.3) is 10.9 Å². The first-order chi connectivity index (χ1) is 7.63. The standard InChI is InChI=1S/C10H7ClN2O3/c1-16-5-2-3-6-7(4-5)12-13-9(8(6)11)10(14)15/h2-4H,1H3,(H,14,15). The Bertz CT molecular complexity index is 571. The summed E-state index contributed by atoms with van der Waals surface area (Å²) in [6.07, 6.45) is 0. The normalized spacial score (nSPS) is 10.4. The summed E-state index contributed by atoms with van der Waals surface area (Å²) in [5, 5.41) is 16.8. The van der Waals surface area contributed by atoms with Gasteiger partial charge in [-0.05, 0) is 12.1 Å². The highest BCUT2D eigenvalue weighted by Crippen LogP contribution is 2.26. The van der Waals surface area contributed by atoms with Gasteiger partial charge in [0.05, 0.1) is 17.6 Å². The van der Waals surface area contributed by atoms with E-state index in [1.807, 2.05) is 0 Å². The molecule has 6 heteroatoms. The van der Waals surface area contributed by atoms with E-state index >= 15 is 0 Å². The molecule has 0 aliphatic heterocycles. The zero-order valence-electron chi connectivity index (χ0n) is 8.27. The van der Waals surface area contributed by atoms with Crippen LogP contribution in [0.1, 0.15) is 10.5 Å². The Labute approximate surface area is 95.6 Å². The van der Waals surface area contributed by atoms with Crippen molar-refractivity contribution in [2.45, 2.75) is 0 Å². The van der Waals surface area contributed by atoms with Gasteiger partial charge in [0.15, 0.2) is 5.69 Å². The van der Waals surface area contributed by atoms with Crippen molar-refractivity contribution in [2.24, 2.45) is 0 Å². The topological polar surface area (TPSA) is 72.3 Å². The fraction of sp³-hybridized carbons (Fsp3) is 0.100. The summed E-state index contributed by atoms with van der Waals surface area (Å²) in [7, 11) is 1.53. The minimum Gasteiger partial charge on any atom is -0.497 e. The minimum absolute atomic E-state index is 0.0835. The first-order valence-electron chi connectivity index (χ1n) is 4.36. The number of rotatable bonds is 2. The van der Waals surface area contributed by atoms with Gasteiger partial charge in [-0.3, -0.25) is 0 Å². The van der Waals surface area contributed by atoms with Crippen LogP contribution in [0, 0.1) is 0 Å². The molecule has 5 nitrogen and oxygen atoms in total. The molecular weight excluding hydrogens is 232 g/mol. The number of aromatic carboxylic acids is 1. The zero-order chi connectivity index (χ0) is 11.7. The molecule has 0 aliphatic rings. The molecule has 0 saturated heterocycles. The van der Waals surface area contributed by atoms with Crippen molar-refractivity contribution in [3.05, 3.63) is 28.9 Å². The molecule has 0 unspecified atom stereocenters. The third-order valence-corrected chi connectivity index (χ3v) is 2.49. The number of carboxylic acids is 1. The third-order valence-electron chi connectivity index (χ3n) is 2.11. The van der Waals surface area contributed by atoms with Crippen molar-refractivity contribution in [2.75, 3.05) is 7.11 Å². The van der Waals surface area contributed by atoms with Gasteiger partial charge >= 0.3 is 5.97 Å². The van der Waals surface area contributed by atoms with Crippen LogP contribution in [0.15, 0.2) is 18.2 Å². The van der Waals surface area contributed by atoms with E-state index in [0.717, 1.165) is 0 Å². The second kappa shape index (κ2) is 3.94. The zero-order valence-corrected chi connectivity index (χ0v) is 9.02. The lowest BCUT2D eigenvalue weighted by Crippen LogP contribution is -2.03. The predicted molar refractivity (Wildman–Crippen MR) is 58.1 cm³/mol. The summed E-state index contributed by atoms with van der Waals surface area (Å²) in [4.78, 5) is 10.8. The van der Waals surface area contributed by atoms with Crippen LogP contribution in [0.4, 0.5) is 0 Å². The van der Waals surface area contributed by atoms with Crippen molar-refractivity contribution in [3.8, 4) is 5.75 Å². The smallest absolute Gasteiger partial charge is 0.358 e. The van der Waals surface area contributed by atoms with Gasteiger partial charge in [-0.1, -0.05) is 11.6 Å². The molecule has 0 radical (unpaired) electrons. The van der Waals surface area contributed by atoms with Gasteiger partial charge in [0, 0.05) is 11.5 Å². The molecule has 1 N–H and O–H groups in total. The fourth-order valence-electron chi connectivity index (χ4n) is 1.32. The van der Waals surface area contributed by atoms with Gasteiger partial charge < -0.3 is 9.84 Å². The van der Waals surface area contributed by atoms with E-state index in [9.17, 15) is 4.79 Å². The Hall–Kier alpha value is -1.88. The van der Waals surface area contributed by atoms with Crippen LogP contribution in [0.5, 0.6) is 5.75 Å². The SMILES string of the molecule is COc1ccc2c(Cl)c(C(=O)O)nnc2c1. The van der Waals surface area contributed by atoms with Crippen LogP contribution in [0.2, 0.25) is 5.02 Å².